The molecule has 25 heavy (non-hydrogen) atoms. The summed E-state index contributed by atoms with van der Waals surface area (Å²) in [7, 11) is 1.53. The Labute approximate surface area is 141 Å². The van der Waals surface area contributed by atoms with Gasteiger partial charge in [0.15, 0.2) is 5.69 Å². The second kappa shape index (κ2) is 6.52. The number of amides is 1. The molecule has 0 aliphatic heterocycles. The van der Waals surface area contributed by atoms with Gasteiger partial charge in [-0.05, 0) is 6.07 Å². The molecule has 2 aromatic carbocycles. The summed E-state index contributed by atoms with van der Waals surface area (Å²) in [6.07, 6.45) is 0. The Morgan fingerprint density at radius 2 is 1.80 bits per heavy atom. The van der Waals surface area contributed by atoms with Gasteiger partial charge in [-0.2, -0.15) is 5.10 Å². The van der Waals surface area contributed by atoms with Crippen LogP contribution >= 0.6 is 0 Å². The highest BCUT2D eigenvalue weighted by Gasteiger charge is 2.21. The zero-order valence-corrected chi connectivity index (χ0v) is 13.3. The zero-order chi connectivity index (χ0) is 18.0. The molecule has 126 valence electrons. The number of para-hydroxylation sites is 1. The summed E-state index contributed by atoms with van der Waals surface area (Å²) >= 11 is 0. The van der Waals surface area contributed by atoms with Crippen LogP contribution < -0.4 is 5.56 Å². The molecule has 1 amide bonds. The number of H-pyrrole nitrogens is 1. The molecule has 1 heterocycles. The van der Waals surface area contributed by atoms with Gasteiger partial charge in [0.25, 0.3) is 17.2 Å². The van der Waals surface area contributed by atoms with E-state index < -0.39 is 10.8 Å². The first-order chi connectivity index (χ1) is 12.0. The second-order valence-electron chi connectivity index (χ2n) is 5.49. The van der Waals surface area contributed by atoms with Gasteiger partial charge in [-0.3, -0.25) is 19.7 Å². The van der Waals surface area contributed by atoms with Gasteiger partial charge in [-0.15, -0.1) is 0 Å². The van der Waals surface area contributed by atoms with E-state index >= 15 is 0 Å². The van der Waals surface area contributed by atoms with Crippen LogP contribution in [-0.2, 0) is 6.54 Å². The summed E-state index contributed by atoms with van der Waals surface area (Å²) in [6.45, 7) is 0.0467. The summed E-state index contributed by atoms with van der Waals surface area (Å²) in [5, 5.41) is 18.1. The third kappa shape index (κ3) is 3.09. The van der Waals surface area contributed by atoms with Crippen molar-refractivity contribution in [3.8, 4) is 0 Å². The van der Waals surface area contributed by atoms with Crippen molar-refractivity contribution in [1.29, 1.82) is 0 Å². The van der Waals surface area contributed by atoms with E-state index in [4.69, 9.17) is 0 Å². The van der Waals surface area contributed by atoms with E-state index in [0.717, 1.165) is 0 Å². The van der Waals surface area contributed by atoms with E-state index in [0.29, 0.717) is 16.3 Å². The fourth-order valence-electron chi connectivity index (χ4n) is 2.61. The number of fused-ring (bicyclic) bond motifs is 1. The van der Waals surface area contributed by atoms with Crippen LogP contribution in [0.5, 0.6) is 0 Å². The largest absolute Gasteiger partial charge is 0.336 e. The molecule has 3 aromatic rings. The summed E-state index contributed by atoms with van der Waals surface area (Å²) < 4.78 is 0. The highest BCUT2D eigenvalue weighted by molar-refractivity contribution is 6.04. The molecule has 8 nitrogen and oxygen atoms in total. The van der Waals surface area contributed by atoms with E-state index in [9.17, 15) is 19.7 Å². The lowest BCUT2D eigenvalue weighted by molar-refractivity contribution is -0.385. The summed E-state index contributed by atoms with van der Waals surface area (Å²) in [4.78, 5) is 36.5. The van der Waals surface area contributed by atoms with Crippen LogP contribution in [0.3, 0.4) is 0 Å². The number of carbonyl (C=O) groups is 1. The molecule has 1 N–H and O–H groups in total. The molecule has 0 radical (unpaired) electrons. The predicted molar refractivity (Wildman–Crippen MR) is 91.3 cm³/mol. The van der Waals surface area contributed by atoms with Gasteiger partial charge in [0, 0.05) is 24.1 Å². The minimum atomic E-state index is -0.485. The molecule has 1 aromatic heterocycles. The van der Waals surface area contributed by atoms with Gasteiger partial charge >= 0.3 is 0 Å². The zero-order valence-electron chi connectivity index (χ0n) is 13.3. The van der Waals surface area contributed by atoms with Crippen molar-refractivity contribution in [2.24, 2.45) is 0 Å². The summed E-state index contributed by atoms with van der Waals surface area (Å²) in [5.74, 6) is -0.439. The summed E-state index contributed by atoms with van der Waals surface area (Å²) in [5.41, 5.74) is 0.0725. The molecule has 3 rings (SSSR count). The van der Waals surface area contributed by atoms with Crippen molar-refractivity contribution in [1.82, 2.24) is 15.1 Å². The molecular formula is C17H14N4O4. The number of hydrogen-bond acceptors (Lipinski definition) is 5. The highest BCUT2D eigenvalue weighted by atomic mass is 16.6. The molecule has 0 atom stereocenters. The third-order valence-electron chi connectivity index (χ3n) is 3.84. The van der Waals surface area contributed by atoms with E-state index in [2.05, 4.69) is 10.2 Å². The number of rotatable bonds is 4. The molecular weight excluding hydrogens is 324 g/mol. The van der Waals surface area contributed by atoms with Gasteiger partial charge in [-0.25, -0.2) is 5.10 Å². The van der Waals surface area contributed by atoms with Crippen molar-refractivity contribution in [3.63, 3.8) is 0 Å². The Morgan fingerprint density at radius 1 is 1.16 bits per heavy atom. The van der Waals surface area contributed by atoms with Gasteiger partial charge in [0.1, 0.15) is 0 Å². The van der Waals surface area contributed by atoms with Gasteiger partial charge in [-0.1, -0.05) is 36.4 Å². The van der Waals surface area contributed by atoms with Gasteiger partial charge < -0.3 is 4.90 Å². The lowest BCUT2D eigenvalue weighted by atomic mass is 10.1. The second-order valence-corrected chi connectivity index (χ2v) is 5.49. The van der Waals surface area contributed by atoms with Crippen molar-refractivity contribution >= 4 is 22.4 Å². The molecule has 0 aliphatic carbocycles. The molecule has 8 heteroatoms. The predicted octanol–water partition coefficient (Wildman–Crippen LogP) is 2.10. The Hall–Kier alpha value is -3.55. The first-order valence-electron chi connectivity index (χ1n) is 7.44. The number of aromatic nitrogens is 2. The number of nitrogens with one attached hydrogen (secondary N) is 1. The number of benzene rings is 2. The van der Waals surface area contributed by atoms with Crippen molar-refractivity contribution in [2.75, 3.05) is 7.05 Å². The van der Waals surface area contributed by atoms with Crippen LogP contribution in [0.2, 0.25) is 0 Å². The average Bonchev–Trinajstić information content (AvgIpc) is 2.62. The van der Waals surface area contributed by atoms with E-state index in [-0.39, 0.29) is 23.5 Å². The minimum Gasteiger partial charge on any atom is -0.336 e. The van der Waals surface area contributed by atoms with E-state index in [1.54, 1.807) is 42.5 Å². The number of nitro groups is 1. The maximum absolute atomic E-state index is 12.7. The van der Waals surface area contributed by atoms with Crippen LogP contribution in [0, 0.1) is 10.1 Å². The number of nitro benzene ring substituents is 1. The first kappa shape index (κ1) is 16.3. The monoisotopic (exact) mass is 338 g/mol. The SMILES string of the molecule is CN(Cc1ccccc1[N+](=O)[O-])C(=O)c1n[nH]c(=O)c2ccccc12. The van der Waals surface area contributed by atoms with Gasteiger partial charge in [0.05, 0.1) is 16.9 Å². The van der Waals surface area contributed by atoms with Crippen LogP contribution in [0.4, 0.5) is 5.69 Å². The van der Waals surface area contributed by atoms with Crippen LogP contribution in [0.1, 0.15) is 16.1 Å². The Balaban J connectivity index is 1.96. The smallest absolute Gasteiger partial charge is 0.274 e. The quantitative estimate of drug-likeness (QED) is 0.579. The third-order valence-corrected chi connectivity index (χ3v) is 3.84. The number of carbonyl (C=O) groups excluding carboxylic acids is 1. The maximum Gasteiger partial charge on any atom is 0.274 e. The highest BCUT2D eigenvalue weighted by Crippen LogP contribution is 2.20. The topological polar surface area (TPSA) is 109 Å². The number of aromatic amines is 1. The van der Waals surface area contributed by atoms with Crippen LogP contribution in [0.15, 0.2) is 53.3 Å². The Bertz CT molecular complexity index is 1030. The fourth-order valence-corrected chi connectivity index (χ4v) is 2.61. The molecule has 0 unspecified atom stereocenters. The lowest BCUT2D eigenvalue weighted by Crippen LogP contribution is -2.29. The molecule has 0 saturated carbocycles. The molecule has 0 aliphatic rings. The van der Waals surface area contributed by atoms with E-state index in [1.807, 2.05) is 0 Å². The maximum atomic E-state index is 12.7. The Kier molecular flexibility index (Phi) is 4.25. The van der Waals surface area contributed by atoms with Crippen LogP contribution in [-0.4, -0.2) is 33.0 Å². The molecule has 0 spiro atoms. The average molecular weight is 338 g/mol. The Morgan fingerprint density at radius 3 is 2.52 bits per heavy atom. The normalized spacial score (nSPS) is 10.6. The first-order valence-corrected chi connectivity index (χ1v) is 7.44. The molecule has 0 saturated heterocycles. The van der Waals surface area contributed by atoms with E-state index in [1.165, 1.54) is 18.0 Å². The lowest BCUT2D eigenvalue weighted by Gasteiger charge is -2.17. The number of hydrogen-bond donors (Lipinski definition) is 1. The standard InChI is InChI=1S/C17H14N4O4/c1-20(10-11-6-2-5-9-14(11)21(24)25)17(23)15-12-7-3-4-8-13(12)16(22)19-18-15/h2-9H,10H2,1H3,(H,19,22). The molecule has 0 fully saturated rings. The number of nitrogens with zero attached hydrogens (tertiary/aromatic N) is 3. The summed E-state index contributed by atoms with van der Waals surface area (Å²) in [6, 6.07) is 12.9. The van der Waals surface area contributed by atoms with Crippen LogP contribution in [0.25, 0.3) is 10.8 Å². The van der Waals surface area contributed by atoms with Crippen molar-refractivity contribution < 1.29 is 9.72 Å². The minimum absolute atomic E-state index is 0.0467. The van der Waals surface area contributed by atoms with Crippen molar-refractivity contribution in [2.45, 2.75) is 6.54 Å². The fraction of sp³-hybridized carbons (Fsp3) is 0.118. The molecule has 0 bridgehead atoms. The van der Waals surface area contributed by atoms with Crippen molar-refractivity contribution in [3.05, 3.63) is 80.3 Å². The van der Waals surface area contributed by atoms with Gasteiger partial charge in [0.2, 0.25) is 0 Å².